The molecule has 0 spiro atoms. The summed E-state index contributed by atoms with van der Waals surface area (Å²) in [6.45, 7) is 3.81. The van der Waals surface area contributed by atoms with Gasteiger partial charge in [0.1, 0.15) is 0 Å². The Bertz CT molecular complexity index is 437. The molecule has 1 aromatic rings. The van der Waals surface area contributed by atoms with Crippen molar-refractivity contribution >= 4 is 27.5 Å². The summed E-state index contributed by atoms with van der Waals surface area (Å²) in [4.78, 5) is 14.1. The van der Waals surface area contributed by atoms with Gasteiger partial charge in [-0.05, 0) is 35.0 Å². The van der Waals surface area contributed by atoms with Crippen molar-refractivity contribution < 1.29 is 9.53 Å². The Labute approximate surface area is 109 Å². The highest BCUT2D eigenvalue weighted by Crippen LogP contribution is 2.25. The fraction of sp³-hybridized carbons (Fsp3) is 0.417. The largest absolute Gasteiger partial charge is 0.398 e. The van der Waals surface area contributed by atoms with Crippen LogP contribution in [0.15, 0.2) is 22.7 Å². The first-order valence-corrected chi connectivity index (χ1v) is 6.33. The van der Waals surface area contributed by atoms with E-state index in [4.69, 9.17) is 10.5 Å². The van der Waals surface area contributed by atoms with Crippen LogP contribution in [0.25, 0.3) is 0 Å². The van der Waals surface area contributed by atoms with Crippen LogP contribution in [0.3, 0.4) is 0 Å². The highest BCUT2D eigenvalue weighted by molar-refractivity contribution is 9.10. The molecule has 0 aliphatic carbocycles. The Morgan fingerprint density at radius 1 is 1.59 bits per heavy atom. The van der Waals surface area contributed by atoms with Crippen LogP contribution in [0, 0.1) is 0 Å². The summed E-state index contributed by atoms with van der Waals surface area (Å²) in [6.07, 6.45) is 0.0903. The zero-order valence-corrected chi connectivity index (χ0v) is 11.2. The number of amides is 1. The lowest BCUT2D eigenvalue weighted by atomic mass is 10.1. The molecule has 1 atom stereocenters. The summed E-state index contributed by atoms with van der Waals surface area (Å²) >= 11 is 3.36. The third kappa shape index (κ3) is 2.61. The minimum atomic E-state index is -0.000625. The standard InChI is InChI=1S/C12H15BrN2O2/c1-8-7-15(5-6-17-8)12(16)9-3-2-4-10(14)11(9)13/h2-4,8H,5-7,14H2,1H3. The van der Waals surface area contributed by atoms with Crippen LogP contribution in [-0.2, 0) is 4.74 Å². The van der Waals surface area contributed by atoms with E-state index < -0.39 is 0 Å². The number of hydrogen-bond donors (Lipinski definition) is 1. The van der Waals surface area contributed by atoms with E-state index in [1.54, 1.807) is 23.1 Å². The van der Waals surface area contributed by atoms with Crippen molar-refractivity contribution in [2.45, 2.75) is 13.0 Å². The van der Waals surface area contributed by atoms with Crippen LogP contribution in [0.2, 0.25) is 0 Å². The van der Waals surface area contributed by atoms with Crippen molar-refractivity contribution in [2.24, 2.45) is 0 Å². The van der Waals surface area contributed by atoms with Gasteiger partial charge in [0, 0.05) is 18.8 Å². The minimum absolute atomic E-state index is 0.000625. The molecule has 1 unspecified atom stereocenters. The number of anilines is 1. The zero-order chi connectivity index (χ0) is 12.4. The lowest BCUT2D eigenvalue weighted by Gasteiger charge is -2.31. The average Bonchev–Trinajstić information content (AvgIpc) is 2.32. The van der Waals surface area contributed by atoms with Crippen molar-refractivity contribution in [1.82, 2.24) is 4.90 Å². The molecule has 1 aliphatic rings. The number of rotatable bonds is 1. The molecule has 0 saturated carbocycles. The smallest absolute Gasteiger partial charge is 0.255 e. The summed E-state index contributed by atoms with van der Waals surface area (Å²) in [5.74, 6) is -0.000625. The Hall–Kier alpha value is -1.07. The minimum Gasteiger partial charge on any atom is -0.398 e. The predicted octanol–water partition coefficient (Wildman–Crippen LogP) is 1.89. The lowest BCUT2D eigenvalue weighted by Crippen LogP contribution is -2.44. The van der Waals surface area contributed by atoms with Gasteiger partial charge in [0.2, 0.25) is 0 Å². The molecule has 1 aromatic carbocycles. The molecule has 2 N–H and O–H groups in total. The average molecular weight is 299 g/mol. The summed E-state index contributed by atoms with van der Waals surface area (Å²) in [5, 5.41) is 0. The first-order chi connectivity index (χ1) is 8.09. The van der Waals surface area contributed by atoms with E-state index in [1.165, 1.54) is 0 Å². The fourth-order valence-corrected chi connectivity index (χ4v) is 2.32. The van der Waals surface area contributed by atoms with Gasteiger partial charge in [-0.2, -0.15) is 0 Å². The molecule has 1 amide bonds. The second-order valence-electron chi connectivity index (χ2n) is 4.14. The Morgan fingerprint density at radius 3 is 3.06 bits per heavy atom. The maximum Gasteiger partial charge on any atom is 0.255 e. The lowest BCUT2D eigenvalue weighted by molar-refractivity contribution is -0.0124. The van der Waals surface area contributed by atoms with Crippen molar-refractivity contribution in [2.75, 3.05) is 25.4 Å². The summed E-state index contributed by atoms with van der Waals surface area (Å²) in [6, 6.07) is 5.34. The molecule has 1 heterocycles. The molecule has 0 bridgehead atoms. The maximum atomic E-state index is 12.3. The number of carbonyl (C=O) groups is 1. The van der Waals surface area contributed by atoms with Crippen molar-refractivity contribution in [1.29, 1.82) is 0 Å². The van der Waals surface area contributed by atoms with E-state index in [1.807, 2.05) is 6.92 Å². The van der Waals surface area contributed by atoms with Crippen LogP contribution in [0.1, 0.15) is 17.3 Å². The Balaban J connectivity index is 2.22. The molecule has 5 heteroatoms. The third-order valence-electron chi connectivity index (χ3n) is 2.79. The summed E-state index contributed by atoms with van der Waals surface area (Å²) in [5.41, 5.74) is 6.96. The third-order valence-corrected chi connectivity index (χ3v) is 3.67. The van der Waals surface area contributed by atoms with Gasteiger partial charge in [0.05, 0.1) is 22.7 Å². The molecule has 4 nitrogen and oxygen atoms in total. The number of hydrogen-bond acceptors (Lipinski definition) is 3. The molecule has 1 saturated heterocycles. The van der Waals surface area contributed by atoms with Gasteiger partial charge in [0.25, 0.3) is 5.91 Å². The molecular weight excluding hydrogens is 284 g/mol. The number of morpholine rings is 1. The van der Waals surface area contributed by atoms with Crippen LogP contribution in [0.5, 0.6) is 0 Å². The van der Waals surface area contributed by atoms with E-state index in [0.717, 1.165) is 0 Å². The van der Waals surface area contributed by atoms with E-state index in [9.17, 15) is 4.79 Å². The zero-order valence-electron chi connectivity index (χ0n) is 9.65. The van der Waals surface area contributed by atoms with Gasteiger partial charge in [-0.1, -0.05) is 6.07 Å². The Kier molecular flexibility index (Phi) is 3.69. The van der Waals surface area contributed by atoms with Gasteiger partial charge in [-0.15, -0.1) is 0 Å². The highest BCUT2D eigenvalue weighted by Gasteiger charge is 2.24. The quantitative estimate of drug-likeness (QED) is 0.806. The second kappa shape index (κ2) is 5.06. The van der Waals surface area contributed by atoms with Crippen LogP contribution >= 0.6 is 15.9 Å². The first kappa shape index (κ1) is 12.4. The molecule has 1 aliphatic heterocycles. The van der Waals surface area contributed by atoms with E-state index in [0.29, 0.717) is 35.4 Å². The van der Waals surface area contributed by atoms with Crippen molar-refractivity contribution in [3.63, 3.8) is 0 Å². The maximum absolute atomic E-state index is 12.3. The SMILES string of the molecule is CC1CN(C(=O)c2cccc(N)c2Br)CCO1. The van der Waals surface area contributed by atoms with Crippen LogP contribution in [0.4, 0.5) is 5.69 Å². The van der Waals surface area contributed by atoms with Gasteiger partial charge >= 0.3 is 0 Å². The number of benzene rings is 1. The van der Waals surface area contributed by atoms with Gasteiger partial charge < -0.3 is 15.4 Å². The van der Waals surface area contributed by atoms with E-state index in [-0.39, 0.29) is 12.0 Å². The topological polar surface area (TPSA) is 55.6 Å². The molecule has 17 heavy (non-hydrogen) atoms. The van der Waals surface area contributed by atoms with Crippen molar-refractivity contribution in [3.8, 4) is 0 Å². The number of ether oxygens (including phenoxy) is 1. The highest BCUT2D eigenvalue weighted by atomic mass is 79.9. The number of carbonyl (C=O) groups excluding carboxylic acids is 1. The van der Waals surface area contributed by atoms with E-state index >= 15 is 0 Å². The Morgan fingerprint density at radius 2 is 2.35 bits per heavy atom. The van der Waals surface area contributed by atoms with Gasteiger partial charge in [-0.3, -0.25) is 4.79 Å². The number of nitrogens with two attached hydrogens (primary N) is 1. The fourth-order valence-electron chi connectivity index (χ4n) is 1.89. The number of nitrogens with zero attached hydrogens (tertiary/aromatic N) is 1. The predicted molar refractivity (Wildman–Crippen MR) is 69.9 cm³/mol. The monoisotopic (exact) mass is 298 g/mol. The van der Waals surface area contributed by atoms with Crippen LogP contribution in [-0.4, -0.2) is 36.6 Å². The summed E-state index contributed by atoms with van der Waals surface area (Å²) < 4.78 is 6.09. The molecule has 0 aromatic heterocycles. The summed E-state index contributed by atoms with van der Waals surface area (Å²) in [7, 11) is 0. The molecule has 1 fully saturated rings. The number of halogens is 1. The van der Waals surface area contributed by atoms with Gasteiger partial charge in [-0.25, -0.2) is 0 Å². The van der Waals surface area contributed by atoms with Crippen molar-refractivity contribution in [3.05, 3.63) is 28.2 Å². The van der Waals surface area contributed by atoms with Gasteiger partial charge in [0.15, 0.2) is 0 Å². The molecule has 92 valence electrons. The molecular formula is C12H15BrN2O2. The second-order valence-corrected chi connectivity index (χ2v) is 4.93. The number of nitrogen functional groups attached to an aromatic ring is 1. The van der Waals surface area contributed by atoms with E-state index in [2.05, 4.69) is 15.9 Å². The first-order valence-electron chi connectivity index (χ1n) is 5.54. The van der Waals surface area contributed by atoms with Crippen LogP contribution < -0.4 is 5.73 Å². The molecule has 2 rings (SSSR count). The normalized spacial score (nSPS) is 20.4. The molecule has 0 radical (unpaired) electrons.